The number of alkyl halides is 3. The van der Waals surface area contributed by atoms with Crippen molar-refractivity contribution in [1.29, 1.82) is 0 Å². The molecule has 1 amide bonds. The molecule has 0 aliphatic carbocycles. The van der Waals surface area contributed by atoms with E-state index in [9.17, 15) is 22.8 Å². The average Bonchev–Trinajstić information content (AvgIpc) is 2.66. The fourth-order valence-corrected chi connectivity index (χ4v) is 2.99. The van der Waals surface area contributed by atoms with Crippen LogP contribution in [0.2, 0.25) is 0 Å². The first-order chi connectivity index (χ1) is 14.1. The number of anilines is 1. The SMILES string of the molecule is CN(CCNC(=O)O)c1ccc2cc(-c3ccccc3OC(F)(F)F)[nH]c(=O)c2c1. The van der Waals surface area contributed by atoms with Gasteiger partial charge >= 0.3 is 12.5 Å². The van der Waals surface area contributed by atoms with Crippen molar-refractivity contribution in [3.05, 3.63) is 58.9 Å². The van der Waals surface area contributed by atoms with Gasteiger partial charge in [0.25, 0.3) is 5.56 Å². The number of benzene rings is 2. The van der Waals surface area contributed by atoms with Gasteiger partial charge < -0.3 is 25.0 Å². The molecule has 0 unspecified atom stereocenters. The quantitative estimate of drug-likeness (QED) is 0.563. The second-order valence-electron chi connectivity index (χ2n) is 6.48. The van der Waals surface area contributed by atoms with Gasteiger partial charge in [0.1, 0.15) is 5.75 Å². The topological polar surface area (TPSA) is 94.7 Å². The van der Waals surface area contributed by atoms with Crippen molar-refractivity contribution < 1.29 is 27.8 Å². The fraction of sp³-hybridized carbons (Fsp3) is 0.200. The maximum absolute atomic E-state index is 12.7. The lowest BCUT2D eigenvalue weighted by atomic mass is 10.1. The molecule has 30 heavy (non-hydrogen) atoms. The van der Waals surface area contributed by atoms with Gasteiger partial charge in [0.15, 0.2) is 0 Å². The highest BCUT2D eigenvalue weighted by atomic mass is 19.4. The van der Waals surface area contributed by atoms with Crippen LogP contribution in [0.1, 0.15) is 0 Å². The molecule has 3 N–H and O–H groups in total. The lowest BCUT2D eigenvalue weighted by Crippen LogP contribution is -2.32. The van der Waals surface area contributed by atoms with Gasteiger partial charge in [0.05, 0.1) is 5.69 Å². The Morgan fingerprint density at radius 3 is 2.63 bits per heavy atom. The standard InChI is InChI=1S/C20H18F3N3O4/c1-26(9-8-24-19(28)29)13-7-6-12-10-16(25-18(27)15(12)11-13)14-4-2-3-5-17(14)30-20(21,22)23/h2-7,10-11,24H,8-9H2,1H3,(H,25,27)(H,28,29). The van der Waals surface area contributed by atoms with Crippen molar-refractivity contribution in [3.8, 4) is 17.0 Å². The van der Waals surface area contributed by atoms with E-state index in [1.165, 1.54) is 18.2 Å². The van der Waals surface area contributed by atoms with Crippen LogP contribution in [0.4, 0.5) is 23.7 Å². The van der Waals surface area contributed by atoms with Crippen molar-refractivity contribution in [2.24, 2.45) is 0 Å². The molecule has 0 radical (unpaired) electrons. The molecule has 0 saturated heterocycles. The normalized spacial score (nSPS) is 11.3. The number of aromatic nitrogens is 1. The summed E-state index contributed by atoms with van der Waals surface area (Å²) in [4.78, 5) is 27.5. The number of halogens is 3. The zero-order valence-corrected chi connectivity index (χ0v) is 15.8. The first-order valence-electron chi connectivity index (χ1n) is 8.84. The van der Waals surface area contributed by atoms with Crippen molar-refractivity contribution in [2.45, 2.75) is 6.36 Å². The third-order valence-electron chi connectivity index (χ3n) is 4.40. The summed E-state index contributed by atoms with van der Waals surface area (Å²) in [7, 11) is 1.75. The molecular weight excluding hydrogens is 403 g/mol. The molecule has 1 heterocycles. The minimum atomic E-state index is -4.86. The van der Waals surface area contributed by atoms with Crippen LogP contribution < -0.4 is 20.5 Å². The van der Waals surface area contributed by atoms with E-state index in [0.717, 1.165) is 0 Å². The van der Waals surface area contributed by atoms with Crippen LogP contribution in [-0.4, -0.2) is 42.7 Å². The highest BCUT2D eigenvalue weighted by Gasteiger charge is 2.32. The second kappa shape index (κ2) is 8.36. The average molecular weight is 421 g/mol. The first-order valence-corrected chi connectivity index (χ1v) is 8.84. The number of carboxylic acid groups (broad SMARTS) is 1. The van der Waals surface area contributed by atoms with E-state index in [1.54, 1.807) is 42.3 Å². The van der Waals surface area contributed by atoms with Gasteiger partial charge in [-0.3, -0.25) is 4.79 Å². The number of H-pyrrole nitrogens is 1. The van der Waals surface area contributed by atoms with E-state index < -0.39 is 23.8 Å². The molecule has 0 spiro atoms. The minimum absolute atomic E-state index is 0.106. The molecule has 0 aliphatic heterocycles. The smallest absolute Gasteiger partial charge is 0.465 e. The molecule has 3 rings (SSSR count). The minimum Gasteiger partial charge on any atom is -0.465 e. The summed E-state index contributed by atoms with van der Waals surface area (Å²) in [6.45, 7) is 0.588. The Kier molecular flexibility index (Phi) is 5.86. The molecule has 2 aromatic carbocycles. The number of likely N-dealkylation sites (N-methyl/N-ethyl adjacent to an activating group) is 1. The molecule has 1 aromatic heterocycles. The fourth-order valence-electron chi connectivity index (χ4n) is 2.99. The Bertz CT molecular complexity index is 1130. The number of pyridine rings is 1. The van der Waals surface area contributed by atoms with Crippen molar-refractivity contribution in [1.82, 2.24) is 10.3 Å². The number of amides is 1. The van der Waals surface area contributed by atoms with Crippen molar-refractivity contribution >= 4 is 22.6 Å². The van der Waals surface area contributed by atoms with Gasteiger partial charge in [0.2, 0.25) is 0 Å². The molecule has 0 atom stereocenters. The number of para-hydroxylation sites is 1. The zero-order chi connectivity index (χ0) is 21.9. The van der Waals surface area contributed by atoms with Crippen LogP contribution in [0, 0.1) is 0 Å². The Hall–Kier alpha value is -3.69. The van der Waals surface area contributed by atoms with Crippen molar-refractivity contribution in [2.75, 3.05) is 25.0 Å². The van der Waals surface area contributed by atoms with Gasteiger partial charge in [-0.1, -0.05) is 18.2 Å². The van der Waals surface area contributed by atoms with E-state index >= 15 is 0 Å². The molecule has 10 heteroatoms. The summed E-state index contributed by atoms with van der Waals surface area (Å²) >= 11 is 0. The monoisotopic (exact) mass is 421 g/mol. The number of hydrogen-bond acceptors (Lipinski definition) is 4. The van der Waals surface area contributed by atoms with E-state index in [1.807, 2.05) is 0 Å². The van der Waals surface area contributed by atoms with Crippen LogP contribution in [0.25, 0.3) is 22.0 Å². The Labute approximate surface area is 168 Å². The molecule has 0 fully saturated rings. The third-order valence-corrected chi connectivity index (χ3v) is 4.40. The summed E-state index contributed by atoms with van der Waals surface area (Å²) in [5.74, 6) is -0.415. The van der Waals surface area contributed by atoms with Crippen LogP contribution in [0.5, 0.6) is 5.75 Å². The Balaban J connectivity index is 1.94. The third kappa shape index (κ3) is 5.02. The maximum Gasteiger partial charge on any atom is 0.573 e. The lowest BCUT2D eigenvalue weighted by Gasteiger charge is -2.19. The lowest BCUT2D eigenvalue weighted by molar-refractivity contribution is -0.274. The van der Waals surface area contributed by atoms with E-state index in [-0.39, 0.29) is 17.8 Å². The van der Waals surface area contributed by atoms with Crippen molar-refractivity contribution in [3.63, 3.8) is 0 Å². The van der Waals surface area contributed by atoms with Crippen LogP contribution in [-0.2, 0) is 0 Å². The van der Waals surface area contributed by atoms with Gasteiger partial charge in [-0.2, -0.15) is 0 Å². The van der Waals surface area contributed by atoms with Gasteiger partial charge in [-0.25, -0.2) is 4.79 Å². The van der Waals surface area contributed by atoms with E-state index in [4.69, 9.17) is 5.11 Å². The number of ether oxygens (including phenoxy) is 1. The van der Waals surface area contributed by atoms with Crippen LogP contribution in [0.3, 0.4) is 0 Å². The number of fused-ring (bicyclic) bond motifs is 1. The predicted molar refractivity (Wildman–Crippen MR) is 106 cm³/mol. The first kappa shape index (κ1) is 21.0. The molecule has 0 aliphatic rings. The Morgan fingerprint density at radius 1 is 1.20 bits per heavy atom. The summed E-state index contributed by atoms with van der Waals surface area (Å²) in [6, 6.07) is 12.2. The molecule has 3 aromatic rings. The zero-order valence-electron chi connectivity index (χ0n) is 15.8. The number of rotatable bonds is 6. The number of nitrogens with one attached hydrogen (secondary N) is 2. The number of nitrogens with zero attached hydrogens (tertiary/aromatic N) is 1. The number of hydrogen-bond donors (Lipinski definition) is 3. The summed E-state index contributed by atoms with van der Waals surface area (Å²) in [5, 5.41) is 11.8. The highest BCUT2D eigenvalue weighted by molar-refractivity contribution is 5.88. The summed E-state index contributed by atoms with van der Waals surface area (Å²) in [5.41, 5.74) is 0.519. The highest BCUT2D eigenvalue weighted by Crippen LogP contribution is 2.33. The molecular formula is C20H18F3N3O4. The number of carbonyl (C=O) groups is 1. The second-order valence-corrected chi connectivity index (χ2v) is 6.48. The van der Waals surface area contributed by atoms with Gasteiger partial charge in [-0.15, -0.1) is 13.2 Å². The van der Waals surface area contributed by atoms with Crippen LogP contribution in [0.15, 0.2) is 53.3 Å². The molecule has 7 nitrogen and oxygen atoms in total. The summed E-state index contributed by atoms with van der Waals surface area (Å²) in [6.07, 6.45) is -5.98. The molecule has 0 bridgehead atoms. The molecule has 158 valence electrons. The summed E-state index contributed by atoms with van der Waals surface area (Å²) < 4.78 is 42.1. The predicted octanol–water partition coefficient (Wildman–Crippen LogP) is 3.80. The van der Waals surface area contributed by atoms with E-state index in [2.05, 4.69) is 15.0 Å². The van der Waals surface area contributed by atoms with Gasteiger partial charge in [-0.05, 0) is 35.7 Å². The maximum atomic E-state index is 12.7. The molecule has 0 saturated carbocycles. The van der Waals surface area contributed by atoms with Gasteiger partial charge in [0, 0.05) is 36.8 Å². The van der Waals surface area contributed by atoms with Crippen LogP contribution >= 0.6 is 0 Å². The number of aromatic amines is 1. The Morgan fingerprint density at radius 2 is 1.93 bits per heavy atom. The van der Waals surface area contributed by atoms with E-state index in [0.29, 0.717) is 23.0 Å². The largest absolute Gasteiger partial charge is 0.573 e.